The third-order valence-corrected chi connectivity index (χ3v) is 3.06. The van der Waals surface area contributed by atoms with E-state index in [2.05, 4.69) is 4.98 Å². The Hall–Kier alpha value is -1.48. The molecular formula is C12H12N2S. The van der Waals surface area contributed by atoms with Gasteiger partial charge in [-0.05, 0) is 23.8 Å². The Bertz CT molecular complexity index is 429. The third kappa shape index (κ3) is 2.73. The fraction of sp³-hybridized carbons (Fsp3) is 0.0833. The first-order valence-corrected chi connectivity index (χ1v) is 5.72. The van der Waals surface area contributed by atoms with Gasteiger partial charge in [-0.25, -0.2) is 4.98 Å². The highest BCUT2D eigenvalue weighted by atomic mass is 32.2. The standard InChI is InChI=1S/C12H12N2S/c13-11-6-2-1-5-10(11)9-15-12-7-3-4-8-14-12/h1-8H,9,13H2. The zero-order valence-electron chi connectivity index (χ0n) is 8.26. The number of hydrogen-bond acceptors (Lipinski definition) is 3. The molecule has 76 valence electrons. The lowest BCUT2D eigenvalue weighted by Gasteiger charge is -2.03. The lowest BCUT2D eigenvalue weighted by atomic mass is 10.2. The normalized spacial score (nSPS) is 10.1. The molecule has 0 aliphatic heterocycles. The van der Waals surface area contributed by atoms with Gasteiger partial charge in [-0.3, -0.25) is 0 Å². The molecule has 0 aliphatic rings. The first-order valence-electron chi connectivity index (χ1n) is 4.73. The number of para-hydroxylation sites is 1. The molecule has 0 saturated carbocycles. The smallest absolute Gasteiger partial charge is 0.0963 e. The maximum atomic E-state index is 5.85. The minimum Gasteiger partial charge on any atom is -0.398 e. The first kappa shape index (κ1) is 10.1. The summed E-state index contributed by atoms with van der Waals surface area (Å²) < 4.78 is 0. The van der Waals surface area contributed by atoms with Crippen LogP contribution in [0.25, 0.3) is 0 Å². The van der Waals surface area contributed by atoms with E-state index in [4.69, 9.17) is 5.73 Å². The molecule has 3 heteroatoms. The summed E-state index contributed by atoms with van der Waals surface area (Å²) in [5.41, 5.74) is 7.86. The van der Waals surface area contributed by atoms with Crippen molar-refractivity contribution >= 4 is 17.4 Å². The Kier molecular flexibility index (Phi) is 3.25. The molecule has 0 spiro atoms. The molecule has 1 heterocycles. The predicted molar refractivity (Wildman–Crippen MR) is 64.7 cm³/mol. The molecule has 1 aromatic heterocycles. The number of nitrogen functional groups attached to an aromatic ring is 1. The number of hydrogen-bond donors (Lipinski definition) is 1. The quantitative estimate of drug-likeness (QED) is 0.633. The molecule has 2 aromatic rings. The molecule has 0 amide bonds. The van der Waals surface area contributed by atoms with Gasteiger partial charge in [0.25, 0.3) is 0 Å². The number of pyridine rings is 1. The van der Waals surface area contributed by atoms with E-state index < -0.39 is 0 Å². The van der Waals surface area contributed by atoms with Crippen LogP contribution < -0.4 is 5.73 Å². The van der Waals surface area contributed by atoms with E-state index in [0.29, 0.717) is 0 Å². The number of anilines is 1. The number of aromatic nitrogens is 1. The molecule has 1 aromatic carbocycles. The number of benzene rings is 1. The Labute approximate surface area is 93.5 Å². The molecule has 2 rings (SSSR count). The van der Waals surface area contributed by atoms with Crippen LogP contribution in [0.5, 0.6) is 0 Å². The summed E-state index contributed by atoms with van der Waals surface area (Å²) in [6, 6.07) is 13.8. The van der Waals surface area contributed by atoms with Gasteiger partial charge >= 0.3 is 0 Å². The Morgan fingerprint density at radius 3 is 2.60 bits per heavy atom. The Balaban J connectivity index is 2.03. The van der Waals surface area contributed by atoms with Gasteiger partial charge in [0.2, 0.25) is 0 Å². The van der Waals surface area contributed by atoms with Crippen LogP contribution >= 0.6 is 11.8 Å². The summed E-state index contributed by atoms with van der Waals surface area (Å²) in [5.74, 6) is 0.865. The highest BCUT2D eigenvalue weighted by Crippen LogP contribution is 2.23. The molecule has 0 saturated heterocycles. The summed E-state index contributed by atoms with van der Waals surface area (Å²) in [4.78, 5) is 4.25. The average Bonchev–Trinajstić information content (AvgIpc) is 2.29. The van der Waals surface area contributed by atoms with Crippen molar-refractivity contribution in [3.63, 3.8) is 0 Å². The Morgan fingerprint density at radius 1 is 1.07 bits per heavy atom. The molecule has 0 aliphatic carbocycles. The number of rotatable bonds is 3. The van der Waals surface area contributed by atoms with Crippen molar-refractivity contribution in [3.8, 4) is 0 Å². The second-order valence-electron chi connectivity index (χ2n) is 3.16. The van der Waals surface area contributed by atoms with Crippen LogP contribution in [0.3, 0.4) is 0 Å². The van der Waals surface area contributed by atoms with Gasteiger partial charge in [-0.15, -0.1) is 11.8 Å². The average molecular weight is 216 g/mol. The molecule has 15 heavy (non-hydrogen) atoms. The highest BCUT2D eigenvalue weighted by Gasteiger charge is 1.99. The SMILES string of the molecule is Nc1ccccc1CSc1ccccn1. The van der Waals surface area contributed by atoms with E-state index in [-0.39, 0.29) is 0 Å². The monoisotopic (exact) mass is 216 g/mol. The molecule has 0 unspecified atom stereocenters. The fourth-order valence-electron chi connectivity index (χ4n) is 1.25. The summed E-state index contributed by atoms with van der Waals surface area (Å²) >= 11 is 1.70. The van der Waals surface area contributed by atoms with Crippen LogP contribution in [0, 0.1) is 0 Å². The van der Waals surface area contributed by atoms with E-state index in [9.17, 15) is 0 Å². The summed E-state index contributed by atoms with van der Waals surface area (Å²) in [6.45, 7) is 0. The lowest BCUT2D eigenvalue weighted by Crippen LogP contribution is -1.91. The summed E-state index contributed by atoms with van der Waals surface area (Å²) in [6.07, 6.45) is 1.80. The number of nitrogens with two attached hydrogens (primary N) is 1. The highest BCUT2D eigenvalue weighted by molar-refractivity contribution is 7.98. The minimum atomic E-state index is 0.848. The zero-order chi connectivity index (χ0) is 10.5. The Morgan fingerprint density at radius 2 is 1.87 bits per heavy atom. The zero-order valence-corrected chi connectivity index (χ0v) is 9.08. The fourth-order valence-corrected chi connectivity index (χ4v) is 2.13. The second-order valence-corrected chi connectivity index (χ2v) is 4.15. The van der Waals surface area contributed by atoms with E-state index in [1.165, 1.54) is 0 Å². The summed E-state index contributed by atoms with van der Waals surface area (Å²) in [7, 11) is 0. The van der Waals surface area contributed by atoms with Crippen LogP contribution in [0.2, 0.25) is 0 Å². The summed E-state index contributed by atoms with van der Waals surface area (Å²) in [5, 5.41) is 1.03. The molecule has 2 N–H and O–H groups in total. The van der Waals surface area contributed by atoms with Crippen molar-refractivity contribution in [2.45, 2.75) is 10.8 Å². The molecule has 2 nitrogen and oxygen atoms in total. The topological polar surface area (TPSA) is 38.9 Å². The molecule has 0 bridgehead atoms. The van der Waals surface area contributed by atoms with Gasteiger partial charge in [0.15, 0.2) is 0 Å². The van der Waals surface area contributed by atoms with Gasteiger partial charge in [0.05, 0.1) is 5.03 Å². The lowest BCUT2D eigenvalue weighted by molar-refractivity contribution is 1.13. The van der Waals surface area contributed by atoms with Crippen molar-refractivity contribution in [1.82, 2.24) is 4.98 Å². The van der Waals surface area contributed by atoms with Gasteiger partial charge in [0, 0.05) is 17.6 Å². The minimum absolute atomic E-state index is 0.848. The van der Waals surface area contributed by atoms with Crippen molar-refractivity contribution in [3.05, 3.63) is 54.2 Å². The predicted octanol–water partition coefficient (Wildman–Crippen LogP) is 2.96. The second kappa shape index (κ2) is 4.84. The third-order valence-electron chi connectivity index (χ3n) is 2.07. The van der Waals surface area contributed by atoms with Crippen LogP contribution in [0.1, 0.15) is 5.56 Å². The number of nitrogens with zero attached hydrogens (tertiary/aromatic N) is 1. The maximum Gasteiger partial charge on any atom is 0.0963 e. The van der Waals surface area contributed by atoms with Gasteiger partial charge in [-0.1, -0.05) is 24.3 Å². The van der Waals surface area contributed by atoms with Crippen LogP contribution in [0.15, 0.2) is 53.7 Å². The number of thioether (sulfide) groups is 1. The van der Waals surface area contributed by atoms with Gasteiger partial charge < -0.3 is 5.73 Å². The molecule has 0 radical (unpaired) electrons. The molecule has 0 atom stereocenters. The van der Waals surface area contributed by atoms with Crippen LogP contribution in [-0.2, 0) is 5.75 Å². The van der Waals surface area contributed by atoms with Crippen molar-refractivity contribution < 1.29 is 0 Å². The largest absolute Gasteiger partial charge is 0.398 e. The van der Waals surface area contributed by atoms with E-state index >= 15 is 0 Å². The van der Waals surface area contributed by atoms with E-state index in [1.807, 2.05) is 42.5 Å². The van der Waals surface area contributed by atoms with Crippen molar-refractivity contribution in [2.24, 2.45) is 0 Å². The van der Waals surface area contributed by atoms with Crippen molar-refractivity contribution in [2.75, 3.05) is 5.73 Å². The van der Waals surface area contributed by atoms with Gasteiger partial charge in [-0.2, -0.15) is 0 Å². The van der Waals surface area contributed by atoms with Crippen LogP contribution in [-0.4, -0.2) is 4.98 Å². The molecular weight excluding hydrogens is 204 g/mol. The first-order chi connectivity index (χ1) is 7.36. The van der Waals surface area contributed by atoms with E-state index in [0.717, 1.165) is 22.0 Å². The molecule has 0 fully saturated rings. The van der Waals surface area contributed by atoms with E-state index in [1.54, 1.807) is 18.0 Å². The van der Waals surface area contributed by atoms with Crippen molar-refractivity contribution in [1.29, 1.82) is 0 Å². The maximum absolute atomic E-state index is 5.85. The van der Waals surface area contributed by atoms with Gasteiger partial charge in [0.1, 0.15) is 0 Å². The van der Waals surface area contributed by atoms with Crippen LogP contribution in [0.4, 0.5) is 5.69 Å².